The van der Waals surface area contributed by atoms with Gasteiger partial charge in [0, 0.05) is 0 Å². The standard InChI is InChI=1S/C20H22F2N2O3/c21-20(22)26-16-9-8-14-17(18(16)27-20)24-19(25)15(23-14)5-3-1-2-4-11-6-7-12-10-13(11)12/h8-9,11-13H,1-7,10H2,(H,24,25)/t11-,12?,13?/m0/s1. The normalized spacial score (nSPS) is 27.1. The third-order valence-electron chi connectivity index (χ3n) is 6.28. The van der Waals surface area contributed by atoms with Crippen LogP contribution in [-0.4, -0.2) is 16.3 Å². The zero-order chi connectivity index (χ0) is 18.6. The van der Waals surface area contributed by atoms with Crippen molar-refractivity contribution in [2.75, 3.05) is 0 Å². The fourth-order valence-electron chi connectivity index (χ4n) is 4.82. The Morgan fingerprint density at radius 3 is 2.85 bits per heavy atom. The van der Waals surface area contributed by atoms with E-state index in [1.807, 2.05) is 0 Å². The monoisotopic (exact) mass is 376 g/mol. The number of halogens is 2. The minimum Gasteiger partial charge on any atom is -0.395 e. The molecule has 2 aromatic rings. The summed E-state index contributed by atoms with van der Waals surface area (Å²) in [5.41, 5.74) is 0.664. The number of alkyl halides is 2. The molecule has 0 radical (unpaired) electrons. The molecule has 3 atom stereocenters. The maximum atomic E-state index is 13.3. The number of aromatic amines is 1. The van der Waals surface area contributed by atoms with Crippen LogP contribution in [0.5, 0.6) is 11.5 Å². The van der Waals surface area contributed by atoms with Crippen molar-refractivity contribution in [2.45, 2.75) is 57.7 Å². The van der Waals surface area contributed by atoms with E-state index >= 15 is 0 Å². The van der Waals surface area contributed by atoms with Gasteiger partial charge < -0.3 is 14.5 Å². The van der Waals surface area contributed by atoms with E-state index in [1.54, 1.807) is 6.07 Å². The van der Waals surface area contributed by atoms with Crippen molar-refractivity contribution >= 4 is 11.0 Å². The highest BCUT2D eigenvalue weighted by atomic mass is 19.3. The number of benzene rings is 1. The van der Waals surface area contributed by atoms with Gasteiger partial charge in [-0.1, -0.05) is 19.3 Å². The van der Waals surface area contributed by atoms with Crippen molar-refractivity contribution in [1.29, 1.82) is 0 Å². The summed E-state index contributed by atoms with van der Waals surface area (Å²) in [5, 5.41) is 0. The number of hydrogen-bond acceptors (Lipinski definition) is 4. The minimum absolute atomic E-state index is 0.0949. The second-order valence-electron chi connectivity index (χ2n) is 8.06. The average molecular weight is 376 g/mol. The molecule has 0 bridgehead atoms. The molecule has 144 valence electrons. The van der Waals surface area contributed by atoms with Crippen molar-refractivity contribution in [3.05, 3.63) is 28.2 Å². The van der Waals surface area contributed by atoms with Gasteiger partial charge in [-0.25, -0.2) is 4.98 Å². The molecule has 2 fully saturated rings. The molecule has 5 nitrogen and oxygen atoms in total. The molecule has 1 aromatic carbocycles. The Morgan fingerprint density at radius 2 is 2.07 bits per heavy atom. The highest BCUT2D eigenvalue weighted by molar-refractivity contribution is 5.84. The van der Waals surface area contributed by atoms with Gasteiger partial charge in [-0.05, 0) is 62.0 Å². The maximum Gasteiger partial charge on any atom is 0.586 e. The molecule has 7 heteroatoms. The number of H-pyrrole nitrogens is 1. The molecule has 0 amide bonds. The topological polar surface area (TPSA) is 64.2 Å². The van der Waals surface area contributed by atoms with Gasteiger partial charge in [-0.15, -0.1) is 8.78 Å². The van der Waals surface area contributed by atoms with Crippen LogP contribution in [0.1, 0.15) is 50.6 Å². The lowest BCUT2D eigenvalue weighted by molar-refractivity contribution is -0.286. The van der Waals surface area contributed by atoms with E-state index in [-0.39, 0.29) is 22.6 Å². The van der Waals surface area contributed by atoms with Crippen molar-refractivity contribution in [1.82, 2.24) is 9.97 Å². The van der Waals surface area contributed by atoms with E-state index in [2.05, 4.69) is 19.4 Å². The second kappa shape index (κ2) is 6.17. The number of nitrogens with one attached hydrogen (secondary N) is 1. The number of ether oxygens (including phenoxy) is 2. The maximum absolute atomic E-state index is 13.3. The van der Waals surface area contributed by atoms with Crippen LogP contribution in [0, 0.1) is 17.8 Å². The van der Waals surface area contributed by atoms with Gasteiger partial charge in [0.15, 0.2) is 11.5 Å². The van der Waals surface area contributed by atoms with E-state index in [0.29, 0.717) is 17.6 Å². The summed E-state index contributed by atoms with van der Waals surface area (Å²) in [6.07, 6.45) is 5.65. The predicted octanol–water partition coefficient (Wildman–Crippen LogP) is 4.39. The fourth-order valence-corrected chi connectivity index (χ4v) is 4.82. The van der Waals surface area contributed by atoms with Crippen LogP contribution in [0.3, 0.4) is 0 Å². The number of nitrogens with zero attached hydrogens (tertiary/aromatic N) is 1. The molecule has 1 N–H and O–H groups in total. The first-order valence-corrected chi connectivity index (χ1v) is 9.82. The third kappa shape index (κ3) is 3.17. The van der Waals surface area contributed by atoms with E-state index in [0.717, 1.165) is 30.6 Å². The number of rotatable bonds is 6. The van der Waals surface area contributed by atoms with Crippen LogP contribution in [0.15, 0.2) is 16.9 Å². The number of aromatic nitrogens is 2. The Balaban J connectivity index is 1.22. The number of aryl methyl sites for hydroxylation is 1. The minimum atomic E-state index is -3.72. The van der Waals surface area contributed by atoms with E-state index in [9.17, 15) is 13.6 Å². The second-order valence-corrected chi connectivity index (χ2v) is 8.06. The zero-order valence-electron chi connectivity index (χ0n) is 15.0. The summed E-state index contributed by atoms with van der Waals surface area (Å²) < 4.78 is 35.5. The highest BCUT2D eigenvalue weighted by Gasteiger charge is 2.47. The molecule has 0 spiro atoms. The Morgan fingerprint density at radius 1 is 1.19 bits per heavy atom. The molecule has 2 heterocycles. The average Bonchev–Trinajstić information content (AvgIpc) is 3.18. The predicted molar refractivity (Wildman–Crippen MR) is 95.1 cm³/mol. The molecular formula is C20H22F2N2O3. The Bertz CT molecular complexity index is 943. The summed E-state index contributed by atoms with van der Waals surface area (Å²) in [5.74, 6) is 2.71. The molecule has 2 aliphatic carbocycles. The van der Waals surface area contributed by atoms with Gasteiger partial charge in [-0.3, -0.25) is 4.79 Å². The fraction of sp³-hybridized carbons (Fsp3) is 0.600. The highest BCUT2D eigenvalue weighted by Crippen LogP contribution is 2.56. The van der Waals surface area contributed by atoms with Crippen molar-refractivity contribution in [3.8, 4) is 11.5 Å². The van der Waals surface area contributed by atoms with Gasteiger partial charge in [0.05, 0.1) is 5.52 Å². The molecular weight excluding hydrogens is 354 g/mol. The van der Waals surface area contributed by atoms with Crippen LogP contribution in [0.25, 0.3) is 11.0 Å². The molecule has 2 saturated carbocycles. The van der Waals surface area contributed by atoms with Gasteiger partial charge in [-0.2, -0.15) is 0 Å². The molecule has 2 unspecified atom stereocenters. The molecule has 1 aromatic heterocycles. The lowest BCUT2D eigenvalue weighted by atomic mass is 9.96. The van der Waals surface area contributed by atoms with E-state index in [1.165, 1.54) is 38.2 Å². The van der Waals surface area contributed by atoms with Crippen molar-refractivity contribution < 1.29 is 18.3 Å². The van der Waals surface area contributed by atoms with Gasteiger partial charge in [0.25, 0.3) is 5.56 Å². The Kier molecular flexibility index (Phi) is 3.88. The molecule has 0 saturated heterocycles. The number of fused-ring (bicyclic) bond motifs is 4. The van der Waals surface area contributed by atoms with Crippen LogP contribution < -0.4 is 15.0 Å². The summed E-state index contributed by atoms with van der Waals surface area (Å²) in [4.78, 5) is 19.3. The molecule has 5 rings (SSSR count). The van der Waals surface area contributed by atoms with Crippen LogP contribution in [0.2, 0.25) is 0 Å². The van der Waals surface area contributed by atoms with Gasteiger partial charge >= 0.3 is 6.29 Å². The Hall–Kier alpha value is -2.18. The van der Waals surface area contributed by atoms with Crippen LogP contribution >= 0.6 is 0 Å². The van der Waals surface area contributed by atoms with Crippen molar-refractivity contribution in [2.24, 2.45) is 17.8 Å². The van der Waals surface area contributed by atoms with Gasteiger partial charge in [0.2, 0.25) is 0 Å². The molecule has 3 aliphatic rings. The summed E-state index contributed by atoms with van der Waals surface area (Å²) >= 11 is 0. The first kappa shape index (κ1) is 17.0. The first-order valence-electron chi connectivity index (χ1n) is 9.82. The van der Waals surface area contributed by atoms with E-state index in [4.69, 9.17) is 0 Å². The first-order chi connectivity index (χ1) is 13.0. The SMILES string of the molecule is O=c1[nH]c2c3c(ccc2nc1CCCCC[C@H]1CCC2CC21)OC(F)(F)O3. The lowest BCUT2D eigenvalue weighted by Crippen LogP contribution is -2.26. The Labute approximate surface area is 155 Å². The number of unbranched alkanes of at least 4 members (excludes halogenated alkanes) is 2. The summed E-state index contributed by atoms with van der Waals surface area (Å²) in [6.45, 7) is 0. The van der Waals surface area contributed by atoms with E-state index < -0.39 is 6.29 Å². The summed E-state index contributed by atoms with van der Waals surface area (Å²) in [6, 6.07) is 2.95. The third-order valence-corrected chi connectivity index (χ3v) is 6.28. The van der Waals surface area contributed by atoms with Crippen LogP contribution in [0.4, 0.5) is 8.78 Å². The van der Waals surface area contributed by atoms with Crippen LogP contribution in [-0.2, 0) is 6.42 Å². The lowest BCUT2D eigenvalue weighted by Gasteiger charge is -2.10. The van der Waals surface area contributed by atoms with Crippen molar-refractivity contribution in [3.63, 3.8) is 0 Å². The molecule has 1 aliphatic heterocycles. The molecule has 27 heavy (non-hydrogen) atoms. The zero-order valence-corrected chi connectivity index (χ0v) is 15.0. The smallest absolute Gasteiger partial charge is 0.395 e. The van der Waals surface area contributed by atoms with Gasteiger partial charge in [0.1, 0.15) is 11.2 Å². The largest absolute Gasteiger partial charge is 0.586 e. The summed E-state index contributed by atoms with van der Waals surface area (Å²) in [7, 11) is 0. The quantitative estimate of drug-likeness (QED) is 0.760. The number of hydrogen-bond donors (Lipinski definition) is 1.